The SMILES string of the molecule is C[C@H]1CN(C#N)C[C@H]1C1(c2ccccc2)NC=C(C(N)=O)S1. The first-order chi connectivity index (χ1) is 10.6. The Kier molecular flexibility index (Phi) is 3.75. The van der Waals surface area contributed by atoms with E-state index >= 15 is 0 Å². The maximum absolute atomic E-state index is 11.6. The number of carbonyl (C=O) groups is 1. The monoisotopic (exact) mass is 314 g/mol. The van der Waals surface area contributed by atoms with Crippen LogP contribution in [0.15, 0.2) is 41.4 Å². The maximum Gasteiger partial charge on any atom is 0.256 e. The summed E-state index contributed by atoms with van der Waals surface area (Å²) in [5, 5.41) is 12.6. The molecule has 0 bridgehead atoms. The first kappa shape index (κ1) is 14.8. The molecule has 5 nitrogen and oxygen atoms in total. The molecule has 6 heteroatoms. The van der Waals surface area contributed by atoms with E-state index in [4.69, 9.17) is 5.73 Å². The van der Waals surface area contributed by atoms with Crippen LogP contribution in [0.2, 0.25) is 0 Å². The Balaban J connectivity index is 1.99. The predicted molar refractivity (Wildman–Crippen MR) is 86.0 cm³/mol. The van der Waals surface area contributed by atoms with E-state index < -0.39 is 10.8 Å². The Morgan fingerprint density at radius 3 is 2.73 bits per heavy atom. The number of nitrogens with one attached hydrogen (secondary N) is 1. The van der Waals surface area contributed by atoms with Crippen molar-refractivity contribution in [3.8, 4) is 6.19 Å². The van der Waals surface area contributed by atoms with Gasteiger partial charge >= 0.3 is 0 Å². The molecule has 3 N–H and O–H groups in total. The van der Waals surface area contributed by atoms with Crippen LogP contribution in [0.1, 0.15) is 12.5 Å². The number of hydrogen-bond donors (Lipinski definition) is 2. The van der Waals surface area contributed by atoms with Gasteiger partial charge in [-0.15, -0.1) is 0 Å². The number of nitrogens with zero attached hydrogens (tertiary/aromatic N) is 2. The molecule has 1 saturated heterocycles. The molecule has 0 saturated carbocycles. The Labute approximate surface area is 134 Å². The van der Waals surface area contributed by atoms with Gasteiger partial charge in [0.1, 0.15) is 4.87 Å². The number of nitriles is 1. The summed E-state index contributed by atoms with van der Waals surface area (Å²) < 4.78 is 0. The highest BCUT2D eigenvalue weighted by Gasteiger charge is 2.50. The molecule has 2 aliphatic rings. The van der Waals surface area contributed by atoms with Crippen molar-refractivity contribution < 1.29 is 4.79 Å². The lowest BCUT2D eigenvalue weighted by Crippen LogP contribution is -2.44. The van der Waals surface area contributed by atoms with Crippen LogP contribution in [0.4, 0.5) is 0 Å². The van der Waals surface area contributed by atoms with E-state index in [2.05, 4.69) is 30.6 Å². The van der Waals surface area contributed by atoms with E-state index in [1.165, 1.54) is 11.8 Å². The molecule has 1 fully saturated rings. The largest absolute Gasteiger partial charge is 0.371 e. The average molecular weight is 314 g/mol. The molecule has 2 heterocycles. The van der Waals surface area contributed by atoms with Crippen molar-refractivity contribution in [2.45, 2.75) is 11.8 Å². The molecular formula is C16H18N4OS. The highest BCUT2D eigenvalue weighted by atomic mass is 32.2. The highest BCUT2D eigenvalue weighted by molar-refractivity contribution is 8.05. The summed E-state index contributed by atoms with van der Waals surface area (Å²) in [7, 11) is 0. The number of hydrogen-bond acceptors (Lipinski definition) is 5. The van der Waals surface area contributed by atoms with Crippen molar-refractivity contribution in [1.82, 2.24) is 10.2 Å². The second kappa shape index (κ2) is 5.58. The van der Waals surface area contributed by atoms with E-state index in [1.54, 1.807) is 11.1 Å². The molecule has 0 aliphatic carbocycles. The van der Waals surface area contributed by atoms with Gasteiger partial charge < -0.3 is 16.0 Å². The van der Waals surface area contributed by atoms with Crippen LogP contribution < -0.4 is 11.1 Å². The van der Waals surface area contributed by atoms with Crippen LogP contribution in [0.3, 0.4) is 0 Å². The predicted octanol–water partition coefficient (Wildman–Crippen LogP) is 1.55. The van der Waals surface area contributed by atoms with Crippen LogP contribution in [0.5, 0.6) is 0 Å². The molecule has 0 spiro atoms. The lowest BCUT2D eigenvalue weighted by Gasteiger charge is -2.37. The zero-order chi connectivity index (χ0) is 15.7. The second-order valence-electron chi connectivity index (χ2n) is 5.81. The minimum absolute atomic E-state index is 0.202. The third kappa shape index (κ3) is 2.32. The van der Waals surface area contributed by atoms with E-state index in [1.807, 2.05) is 18.2 Å². The first-order valence-electron chi connectivity index (χ1n) is 7.23. The summed E-state index contributed by atoms with van der Waals surface area (Å²) >= 11 is 1.47. The van der Waals surface area contributed by atoms with Gasteiger partial charge in [0.2, 0.25) is 0 Å². The molecule has 2 aliphatic heterocycles. The smallest absolute Gasteiger partial charge is 0.256 e. The van der Waals surface area contributed by atoms with Gasteiger partial charge in [-0.3, -0.25) is 4.79 Å². The summed E-state index contributed by atoms with van der Waals surface area (Å²) in [6.45, 7) is 3.56. The molecule has 1 aromatic carbocycles. The minimum atomic E-state index is -0.448. The number of likely N-dealkylation sites (tertiary alicyclic amines) is 1. The van der Waals surface area contributed by atoms with Crippen LogP contribution in [0.25, 0.3) is 0 Å². The Bertz CT molecular complexity index is 654. The zero-order valence-electron chi connectivity index (χ0n) is 12.3. The van der Waals surface area contributed by atoms with E-state index in [0.717, 1.165) is 12.1 Å². The molecule has 1 aromatic rings. The van der Waals surface area contributed by atoms with Gasteiger partial charge in [-0.25, -0.2) is 0 Å². The van der Waals surface area contributed by atoms with Gasteiger partial charge in [0.25, 0.3) is 5.91 Å². The molecule has 0 aromatic heterocycles. The minimum Gasteiger partial charge on any atom is -0.371 e. The molecule has 3 atom stereocenters. The number of thioether (sulfide) groups is 1. The number of benzene rings is 1. The van der Waals surface area contributed by atoms with E-state index in [0.29, 0.717) is 17.4 Å². The van der Waals surface area contributed by atoms with Gasteiger partial charge in [-0.2, -0.15) is 5.26 Å². The third-order valence-corrected chi connectivity index (χ3v) is 5.93. The Morgan fingerprint density at radius 2 is 2.18 bits per heavy atom. The van der Waals surface area contributed by atoms with Crippen LogP contribution in [-0.2, 0) is 9.67 Å². The second-order valence-corrected chi connectivity index (χ2v) is 7.10. The van der Waals surface area contributed by atoms with Crippen molar-refractivity contribution in [3.63, 3.8) is 0 Å². The van der Waals surface area contributed by atoms with Gasteiger partial charge in [0.15, 0.2) is 6.19 Å². The van der Waals surface area contributed by atoms with Crippen LogP contribution >= 0.6 is 11.8 Å². The Morgan fingerprint density at radius 1 is 1.45 bits per heavy atom. The molecule has 1 amide bonds. The summed E-state index contributed by atoms with van der Waals surface area (Å²) in [6, 6.07) is 10.1. The fourth-order valence-corrected chi connectivity index (χ4v) is 4.72. The quantitative estimate of drug-likeness (QED) is 0.827. The summed E-state index contributed by atoms with van der Waals surface area (Å²) in [5.74, 6) is 0.117. The van der Waals surface area contributed by atoms with E-state index in [-0.39, 0.29) is 5.92 Å². The number of nitrogens with two attached hydrogens (primary N) is 1. The van der Waals surface area contributed by atoms with Gasteiger partial charge in [-0.1, -0.05) is 49.0 Å². The number of carbonyl (C=O) groups excluding carboxylic acids is 1. The summed E-state index contributed by atoms with van der Waals surface area (Å²) in [6.07, 6.45) is 3.95. The fraction of sp³-hybridized carbons (Fsp3) is 0.375. The normalized spacial score (nSPS) is 30.5. The molecule has 3 rings (SSSR count). The summed E-state index contributed by atoms with van der Waals surface area (Å²) in [4.78, 5) is 13.4. The van der Waals surface area contributed by atoms with Crippen molar-refractivity contribution in [3.05, 3.63) is 47.0 Å². The molecular weight excluding hydrogens is 296 g/mol. The topological polar surface area (TPSA) is 82.2 Å². The number of amides is 1. The fourth-order valence-electron chi connectivity index (χ4n) is 3.33. The molecule has 114 valence electrons. The van der Waals surface area contributed by atoms with Crippen LogP contribution in [-0.4, -0.2) is 23.9 Å². The van der Waals surface area contributed by atoms with Gasteiger partial charge in [-0.05, 0) is 11.5 Å². The van der Waals surface area contributed by atoms with Gasteiger partial charge in [0.05, 0.1) is 4.91 Å². The lowest BCUT2D eigenvalue weighted by atomic mass is 9.85. The number of rotatable bonds is 3. The van der Waals surface area contributed by atoms with Gasteiger partial charge in [0, 0.05) is 25.2 Å². The average Bonchev–Trinajstić information content (AvgIpc) is 3.13. The van der Waals surface area contributed by atoms with Crippen molar-refractivity contribution in [2.75, 3.05) is 13.1 Å². The molecule has 22 heavy (non-hydrogen) atoms. The van der Waals surface area contributed by atoms with Crippen molar-refractivity contribution in [2.24, 2.45) is 17.6 Å². The lowest BCUT2D eigenvalue weighted by molar-refractivity contribution is -0.113. The first-order valence-corrected chi connectivity index (χ1v) is 8.05. The third-order valence-electron chi connectivity index (χ3n) is 4.41. The zero-order valence-corrected chi connectivity index (χ0v) is 13.1. The van der Waals surface area contributed by atoms with Crippen molar-refractivity contribution in [1.29, 1.82) is 5.26 Å². The highest BCUT2D eigenvalue weighted by Crippen LogP contribution is 2.52. The Hall–Kier alpha value is -2.13. The molecule has 1 unspecified atom stereocenters. The summed E-state index contributed by atoms with van der Waals surface area (Å²) in [5.41, 5.74) is 6.55. The molecule has 0 radical (unpaired) electrons. The maximum atomic E-state index is 11.6. The number of primary amides is 1. The van der Waals surface area contributed by atoms with Crippen molar-refractivity contribution >= 4 is 17.7 Å². The van der Waals surface area contributed by atoms with E-state index in [9.17, 15) is 10.1 Å². The standard InChI is InChI=1S/C16H18N4OS/c1-11-8-20(10-17)9-13(11)16(12-5-3-2-4-6-12)19-7-14(22-16)15(18)21/h2-7,11,13,19H,8-9H2,1H3,(H2,18,21)/t11-,13+,16?/m0/s1. The van der Waals surface area contributed by atoms with Crippen LogP contribution in [0, 0.1) is 23.3 Å².